The number of aliphatic imine (C=N–C) groups is 1. The maximum absolute atomic E-state index is 12.4. The number of hydrogen-bond acceptors (Lipinski definition) is 2. The van der Waals surface area contributed by atoms with Gasteiger partial charge in [-0.2, -0.15) is 13.2 Å². The second-order valence-electron chi connectivity index (χ2n) is 3.44. The SMILES string of the molecule is NC1=Nc2ccc(C(F)(F)F)cc2CC1. The van der Waals surface area contributed by atoms with Crippen molar-refractivity contribution >= 4 is 11.5 Å². The first-order valence-electron chi connectivity index (χ1n) is 4.50. The summed E-state index contributed by atoms with van der Waals surface area (Å²) in [4.78, 5) is 4.00. The van der Waals surface area contributed by atoms with Gasteiger partial charge in [-0.1, -0.05) is 0 Å². The largest absolute Gasteiger partial charge is 0.416 e. The van der Waals surface area contributed by atoms with Crippen molar-refractivity contribution in [3.63, 3.8) is 0 Å². The minimum absolute atomic E-state index is 0.474. The summed E-state index contributed by atoms with van der Waals surface area (Å²) in [5.74, 6) is 0.474. The topological polar surface area (TPSA) is 38.4 Å². The second kappa shape index (κ2) is 3.25. The van der Waals surface area contributed by atoms with E-state index in [-0.39, 0.29) is 0 Å². The van der Waals surface area contributed by atoms with E-state index in [4.69, 9.17) is 5.73 Å². The van der Waals surface area contributed by atoms with E-state index in [1.54, 1.807) is 0 Å². The maximum atomic E-state index is 12.4. The lowest BCUT2D eigenvalue weighted by atomic mass is 10.0. The van der Waals surface area contributed by atoms with Crippen LogP contribution in [0.25, 0.3) is 0 Å². The molecule has 0 unspecified atom stereocenters. The number of rotatable bonds is 0. The van der Waals surface area contributed by atoms with Crippen LogP contribution in [0, 0.1) is 0 Å². The summed E-state index contributed by atoms with van der Waals surface area (Å²) in [7, 11) is 0. The van der Waals surface area contributed by atoms with Gasteiger partial charge in [0, 0.05) is 6.42 Å². The summed E-state index contributed by atoms with van der Waals surface area (Å²) in [6, 6.07) is 3.54. The van der Waals surface area contributed by atoms with Gasteiger partial charge in [0.1, 0.15) is 0 Å². The fourth-order valence-corrected chi connectivity index (χ4v) is 1.54. The number of nitrogens with zero attached hydrogens (tertiary/aromatic N) is 1. The molecule has 0 amide bonds. The number of fused-ring (bicyclic) bond motifs is 1. The van der Waals surface area contributed by atoms with Gasteiger partial charge >= 0.3 is 6.18 Å². The van der Waals surface area contributed by atoms with Gasteiger partial charge in [-0.3, -0.25) is 0 Å². The highest BCUT2D eigenvalue weighted by Gasteiger charge is 2.31. The molecule has 0 aromatic heterocycles. The molecule has 2 nitrogen and oxygen atoms in total. The molecule has 0 spiro atoms. The Bertz CT molecular complexity index is 421. The summed E-state index contributed by atoms with van der Waals surface area (Å²) >= 11 is 0. The molecule has 0 bridgehead atoms. The third-order valence-corrected chi connectivity index (χ3v) is 2.32. The van der Waals surface area contributed by atoms with E-state index in [2.05, 4.69) is 4.99 Å². The number of alkyl halides is 3. The molecule has 1 aromatic carbocycles. The molecule has 1 aliphatic rings. The zero-order valence-electron chi connectivity index (χ0n) is 7.80. The lowest BCUT2D eigenvalue weighted by Crippen LogP contribution is -2.16. The van der Waals surface area contributed by atoms with Gasteiger partial charge in [-0.25, -0.2) is 4.99 Å². The summed E-state index contributed by atoms with van der Waals surface area (Å²) in [5, 5.41) is 0. The predicted octanol–water partition coefficient (Wildman–Crippen LogP) is 2.64. The molecule has 0 saturated heterocycles. The Morgan fingerprint density at radius 1 is 1.20 bits per heavy atom. The van der Waals surface area contributed by atoms with Gasteiger partial charge in [0.05, 0.1) is 17.1 Å². The minimum Gasteiger partial charge on any atom is -0.387 e. The van der Waals surface area contributed by atoms with Crippen LogP contribution in [0.15, 0.2) is 23.2 Å². The summed E-state index contributed by atoms with van der Waals surface area (Å²) in [6.07, 6.45) is -3.25. The van der Waals surface area contributed by atoms with Crippen molar-refractivity contribution in [1.29, 1.82) is 0 Å². The molecule has 0 fully saturated rings. The molecule has 1 aromatic rings. The van der Waals surface area contributed by atoms with Crippen molar-refractivity contribution in [1.82, 2.24) is 0 Å². The molecule has 0 saturated carbocycles. The van der Waals surface area contributed by atoms with Gasteiger partial charge in [-0.15, -0.1) is 0 Å². The lowest BCUT2D eigenvalue weighted by Gasteiger charge is -2.15. The van der Waals surface area contributed by atoms with Crippen LogP contribution in [0.2, 0.25) is 0 Å². The molecule has 1 heterocycles. The van der Waals surface area contributed by atoms with E-state index in [0.29, 0.717) is 29.9 Å². The summed E-state index contributed by atoms with van der Waals surface area (Å²) < 4.78 is 37.1. The highest BCUT2D eigenvalue weighted by atomic mass is 19.4. The summed E-state index contributed by atoms with van der Waals surface area (Å²) in [6.45, 7) is 0. The van der Waals surface area contributed by atoms with Crippen LogP contribution in [0.4, 0.5) is 18.9 Å². The van der Waals surface area contributed by atoms with E-state index < -0.39 is 11.7 Å². The second-order valence-corrected chi connectivity index (χ2v) is 3.44. The van der Waals surface area contributed by atoms with Crippen LogP contribution in [0.3, 0.4) is 0 Å². The van der Waals surface area contributed by atoms with E-state index in [9.17, 15) is 13.2 Å². The maximum Gasteiger partial charge on any atom is 0.416 e. The van der Waals surface area contributed by atoms with Crippen LogP contribution in [-0.2, 0) is 12.6 Å². The standard InChI is InChI=1S/C10H9F3N2/c11-10(12,13)7-2-3-8-6(5-7)1-4-9(14)15-8/h2-3,5H,1,4H2,(H2,14,15). The van der Waals surface area contributed by atoms with Gasteiger partial charge < -0.3 is 5.73 Å². The highest BCUT2D eigenvalue weighted by molar-refractivity contribution is 5.85. The Morgan fingerprint density at radius 2 is 1.93 bits per heavy atom. The van der Waals surface area contributed by atoms with Gasteiger partial charge in [0.2, 0.25) is 0 Å². The minimum atomic E-state index is -4.29. The molecule has 15 heavy (non-hydrogen) atoms. The molecule has 5 heteroatoms. The number of benzene rings is 1. The number of aryl methyl sites for hydroxylation is 1. The molecule has 0 atom stereocenters. The molecule has 80 valence electrons. The fourth-order valence-electron chi connectivity index (χ4n) is 1.54. The molecular weight excluding hydrogens is 205 g/mol. The predicted molar refractivity (Wildman–Crippen MR) is 51.0 cm³/mol. The number of nitrogens with two attached hydrogens (primary N) is 1. The number of halogens is 3. The van der Waals surface area contributed by atoms with E-state index in [1.807, 2.05) is 0 Å². The Hall–Kier alpha value is -1.52. The zero-order valence-corrected chi connectivity index (χ0v) is 7.80. The monoisotopic (exact) mass is 214 g/mol. The van der Waals surface area contributed by atoms with Gasteiger partial charge in [-0.05, 0) is 30.2 Å². The first-order valence-corrected chi connectivity index (χ1v) is 4.50. The van der Waals surface area contributed by atoms with Gasteiger partial charge in [0.15, 0.2) is 0 Å². The van der Waals surface area contributed by atoms with Gasteiger partial charge in [0.25, 0.3) is 0 Å². The number of amidine groups is 1. The third kappa shape index (κ3) is 1.95. The Labute approximate surface area is 84.6 Å². The van der Waals surface area contributed by atoms with Crippen molar-refractivity contribution in [2.75, 3.05) is 0 Å². The van der Waals surface area contributed by atoms with Crippen molar-refractivity contribution in [2.24, 2.45) is 10.7 Å². The van der Waals surface area contributed by atoms with Crippen LogP contribution in [-0.4, -0.2) is 5.84 Å². The Kier molecular flexibility index (Phi) is 2.17. The smallest absolute Gasteiger partial charge is 0.387 e. The molecule has 0 radical (unpaired) electrons. The molecule has 2 N–H and O–H groups in total. The molecular formula is C10H9F3N2. The zero-order chi connectivity index (χ0) is 11.1. The van der Waals surface area contributed by atoms with E-state index in [1.165, 1.54) is 6.07 Å². The number of hydrogen-bond donors (Lipinski definition) is 1. The average molecular weight is 214 g/mol. The van der Waals surface area contributed by atoms with Crippen LogP contribution in [0.5, 0.6) is 0 Å². The van der Waals surface area contributed by atoms with Crippen LogP contribution in [0.1, 0.15) is 17.5 Å². The first-order chi connectivity index (χ1) is 6.97. The van der Waals surface area contributed by atoms with E-state index in [0.717, 1.165) is 12.1 Å². The lowest BCUT2D eigenvalue weighted by molar-refractivity contribution is -0.137. The summed E-state index contributed by atoms with van der Waals surface area (Å²) in [5.41, 5.74) is 6.03. The first kappa shape index (κ1) is 10.0. The third-order valence-electron chi connectivity index (χ3n) is 2.32. The Morgan fingerprint density at radius 3 is 2.60 bits per heavy atom. The van der Waals surface area contributed by atoms with Crippen molar-refractivity contribution in [2.45, 2.75) is 19.0 Å². The molecule has 1 aliphatic heterocycles. The van der Waals surface area contributed by atoms with Crippen molar-refractivity contribution in [3.05, 3.63) is 29.3 Å². The Balaban J connectivity index is 2.45. The average Bonchev–Trinajstić information content (AvgIpc) is 2.15. The molecule has 2 rings (SSSR count). The van der Waals surface area contributed by atoms with Crippen LogP contribution < -0.4 is 5.73 Å². The van der Waals surface area contributed by atoms with Crippen LogP contribution >= 0.6 is 0 Å². The highest BCUT2D eigenvalue weighted by Crippen LogP contribution is 2.34. The molecule has 0 aliphatic carbocycles. The van der Waals surface area contributed by atoms with Crippen molar-refractivity contribution in [3.8, 4) is 0 Å². The quantitative estimate of drug-likeness (QED) is 0.708. The normalized spacial score (nSPS) is 15.8. The fraction of sp³-hybridized carbons (Fsp3) is 0.300. The van der Waals surface area contributed by atoms with E-state index >= 15 is 0 Å². The van der Waals surface area contributed by atoms with Crippen molar-refractivity contribution < 1.29 is 13.2 Å².